The summed E-state index contributed by atoms with van der Waals surface area (Å²) in [6, 6.07) is 14.8. The molecule has 1 amide bonds. The second kappa shape index (κ2) is 8.68. The molecule has 34 heavy (non-hydrogen) atoms. The number of aromatic nitrogens is 4. The lowest BCUT2D eigenvalue weighted by Crippen LogP contribution is -2.22. The SMILES string of the molecule is CC(C)(C)c1cc(NC(=O)Cn2c(CS(C)(=O)=O)nc3ccccc32)n(-c2ccc(F)cc2)n1. The quantitative estimate of drug-likeness (QED) is 0.449. The highest BCUT2D eigenvalue weighted by Crippen LogP contribution is 2.27. The smallest absolute Gasteiger partial charge is 0.245 e. The first-order chi connectivity index (χ1) is 15.9. The van der Waals surface area contributed by atoms with Crippen LogP contribution in [0.1, 0.15) is 32.3 Å². The minimum Gasteiger partial charge on any atom is -0.318 e. The highest BCUT2D eigenvalue weighted by atomic mass is 32.2. The molecule has 4 rings (SSSR count). The predicted molar refractivity (Wildman–Crippen MR) is 129 cm³/mol. The van der Waals surface area contributed by atoms with Crippen molar-refractivity contribution in [3.05, 3.63) is 71.9 Å². The number of nitrogens with one attached hydrogen (secondary N) is 1. The molecule has 0 bridgehead atoms. The average molecular weight is 484 g/mol. The molecule has 2 aromatic heterocycles. The number of carbonyl (C=O) groups excluding carboxylic acids is 1. The molecule has 10 heteroatoms. The van der Waals surface area contributed by atoms with Crippen LogP contribution in [0.3, 0.4) is 0 Å². The maximum atomic E-state index is 13.5. The number of fused-ring (bicyclic) bond motifs is 1. The van der Waals surface area contributed by atoms with Gasteiger partial charge in [-0.2, -0.15) is 5.10 Å². The van der Waals surface area contributed by atoms with E-state index in [0.717, 1.165) is 11.9 Å². The second-order valence-electron chi connectivity index (χ2n) is 9.27. The molecule has 0 aliphatic rings. The zero-order valence-corrected chi connectivity index (χ0v) is 20.2. The Morgan fingerprint density at radius 1 is 1.09 bits per heavy atom. The Hall–Kier alpha value is -3.53. The Labute approximate surface area is 197 Å². The molecule has 0 atom stereocenters. The van der Waals surface area contributed by atoms with Gasteiger partial charge < -0.3 is 9.88 Å². The number of carbonyl (C=O) groups is 1. The van der Waals surface area contributed by atoms with Gasteiger partial charge in [-0.25, -0.2) is 22.5 Å². The van der Waals surface area contributed by atoms with Crippen molar-refractivity contribution >= 4 is 32.6 Å². The van der Waals surface area contributed by atoms with Gasteiger partial charge in [0.05, 0.1) is 22.4 Å². The average Bonchev–Trinajstić information content (AvgIpc) is 3.29. The van der Waals surface area contributed by atoms with Crippen molar-refractivity contribution in [2.75, 3.05) is 11.6 Å². The van der Waals surface area contributed by atoms with E-state index in [1.54, 1.807) is 45.6 Å². The van der Waals surface area contributed by atoms with Gasteiger partial charge in [-0.05, 0) is 36.4 Å². The van der Waals surface area contributed by atoms with Gasteiger partial charge in [-0.15, -0.1) is 0 Å². The summed E-state index contributed by atoms with van der Waals surface area (Å²) in [6.07, 6.45) is 1.13. The maximum absolute atomic E-state index is 13.5. The van der Waals surface area contributed by atoms with E-state index in [9.17, 15) is 17.6 Å². The zero-order valence-electron chi connectivity index (χ0n) is 19.4. The number of halogens is 1. The van der Waals surface area contributed by atoms with Crippen molar-refractivity contribution in [1.82, 2.24) is 19.3 Å². The van der Waals surface area contributed by atoms with Gasteiger partial charge in [0.15, 0.2) is 9.84 Å². The number of para-hydroxylation sites is 2. The van der Waals surface area contributed by atoms with Gasteiger partial charge in [0, 0.05) is 17.7 Å². The molecule has 8 nitrogen and oxygen atoms in total. The summed E-state index contributed by atoms with van der Waals surface area (Å²) >= 11 is 0. The lowest BCUT2D eigenvalue weighted by molar-refractivity contribution is -0.116. The summed E-state index contributed by atoms with van der Waals surface area (Å²) in [5.74, 6) is -0.308. The topological polar surface area (TPSA) is 98.9 Å². The number of benzene rings is 2. The zero-order chi connectivity index (χ0) is 24.7. The van der Waals surface area contributed by atoms with Gasteiger partial charge in [0.1, 0.15) is 29.8 Å². The van der Waals surface area contributed by atoms with Crippen LogP contribution in [0.25, 0.3) is 16.7 Å². The fourth-order valence-corrected chi connectivity index (χ4v) is 4.28. The van der Waals surface area contributed by atoms with E-state index in [4.69, 9.17) is 0 Å². The van der Waals surface area contributed by atoms with Crippen LogP contribution in [-0.4, -0.2) is 39.9 Å². The molecule has 0 saturated carbocycles. The minimum atomic E-state index is -3.36. The van der Waals surface area contributed by atoms with E-state index < -0.39 is 9.84 Å². The van der Waals surface area contributed by atoms with Crippen LogP contribution in [0.2, 0.25) is 0 Å². The molecule has 0 fully saturated rings. The Morgan fingerprint density at radius 2 is 1.76 bits per heavy atom. The van der Waals surface area contributed by atoms with Crippen molar-refractivity contribution in [2.24, 2.45) is 0 Å². The molecule has 0 spiro atoms. The van der Waals surface area contributed by atoms with Crippen LogP contribution in [0, 0.1) is 5.82 Å². The molecule has 0 aliphatic carbocycles. The Morgan fingerprint density at radius 3 is 2.41 bits per heavy atom. The Balaban J connectivity index is 1.69. The summed E-state index contributed by atoms with van der Waals surface area (Å²) < 4.78 is 40.5. The van der Waals surface area contributed by atoms with Crippen molar-refractivity contribution in [3.63, 3.8) is 0 Å². The molecule has 178 valence electrons. The molecule has 0 saturated heterocycles. The van der Waals surface area contributed by atoms with Gasteiger partial charge in [-0.3, -0.25) is 4.79 Å². The molecule has 0 radical (unpaired) electrons. The third-order valence-electron chi connectivity index (χ3n) is 5.24. The van der Waals surface area contributed by atoms with E-state index in [1.165, 1.54) is 12.1 Å². The number of amides is 1. The van der Waals surface area contributed by atoms with Crippen molar-refractivity contribution in [1.29, 1.82) is 0 Å². The summed E-state index contributed by atoms with van der Waals surface area (Å²) in [5.41, 5.74) is 2.34. The summed E-state index contributed by atoms with van der Waals surface area (Å²) in [7, 11) is -3.36. The molecule has 0 unspecified atom stereocenters. The number of anilines is 1. The molecule has 0 aliphatic heterocycles. The van der Waals surface area contributed by atoms with E-state index in [1.807, 2.05) is 26.8 Å². The van der Waals surface area contributed by atoms with E-state index in [2.05, 4.69) is 15.4 Å². The lowest BCUT2D eigenvalue weighted by atomic mass is 9.92. The van der Waals surface area contributed by atoms with Crippen LogP contribution < -0.4 is 5.32 Å². The van der Waals surface area contributed by atoms with Gasteiger partial charge in [0.2, 0.25) is 5.91 Å². The fourth-order valence-electron chi connectivity index (χ4n) is 3.59. The number of sulfone groups is 1. The monoisotopic (exact) mass is 483 g/mol. The lowest BCUT2D eigenvalue weighted by Gasteiger charge is -2.14. The number of hydrogen-bond acceptors (Lipinski definition) is 5. The van der Waals surface area contributed by atoms with Crippen molar-refractivity contribution in [3.8, 4) is 5.69 Å². The molecular formula is C24H26FN5O3S. The Kier molecular flexibility index (Phi) is 6.03. The summed E-state index contributed by atoms with van der Waals surface area (Å²) in [5, 5.41) is 7.51. The van der Waals surface area contributed by atoms with Crippen molar-refractivity contribution in [2.45, 2.75) is 38.5 Å². The maximum Gasteiger partial charge on any atom is 0.245 e. The first kappa shape index (κ1) is 23.6. The van der Waals surface area contributed by atoms with Crippen LogP contribution in [0.5, 0.6) is 0 Å². The second-order valence-corrected chi connectivity index (χ2v) is 11.4. The normalized spacial score (nSPS) is 12.3. The molecule has 2 aromatic carbocycles. The van der Waals surface area contributed by atoms with Crippen LogP contribution in [-0.2, 0) is 32.3 Å². The standard InChI is InChI=1S/C24H26FN5O3S/c1-24(2,3)20-13-21(30(28-20)17-11-9-16(25)10-12-17)27-23(31)14-29-19-8-6-5-7-18(19)26-22(29)15-34(4,32)33/h5-13H,14-15H2,1-4H3,(H,27,31). The number of rotatable bonds is 6. The highest BCUT2D eigenvalue weighted by molar-refractivity contribution is 7.89. The van der Waals surface area contributed by atoms with E-state index in [0.29, 0.717) is 28.4 Å². The van der Waals surface area contributed by atoms with Crippen LogP contribution >= 0.6 is 0 Å². The van der Waals surface area contributed by atoms with Crippen molar-refractivity contribution < 1.29 is 17.6 Å². The third-order valence-corrected chi connectivity index (χ3v) is 6.03. The number of hydrogen-bond donors (Lipinski definition) is 1. The summed E-state index contributed by atoms with van der Waals surface area (Å²) in [6.45, 7) is 5.88. The highest BCUT2D eigenvalue weighted by Gasteiger charge is 2.23. The third kappa shape index (κ3) is 5.17. The van der Waals surface area contributed by atoms with Gasteiger partial charge in [0.25, 0.3) is 0 Å². The predicted octanol–water partition coefficient (Wildman–Crippen LogP) is 3.84. The first-order valence-electron chi connectivity index (χ1n) is 10.7. The minimum absolute atomic E-state index is 0.134. The van der Waals surface area contributed by atoms with Crippen LogP contribution in [0.4, 0.5) is 10.2 Å². The molecule has 2 heterocycles. The number of nitrogens with zero attached hydrogens (tertiary/aromatic N) is 4. The number of imidazole rings is 1. The molecular weight excluding hydrogens is 457 g/mol. The first-order valence-corrected chi connectivity index (χ1v) is 12.7. The van der Waals surface area contributed by atoms with Crippen LogP contribution in [0.15, 0.2) is 54.6 Å². The molecule has 1 N–H and O–H groups in total. The van der Waals surface area contributed by atoms with E-state index >= 15 is 0 Å². The fraction of sp³-hybridized carbons (Fsp3) is 0.292. The van der Waals surface area contributed by atoms with Gasteiger partial charge in [-0.1, -0.05) is 32.9 Å². The largest absolute Gasteiger partial charge is 0.318 e. The Bertz CT molecular complexity index is 1460. The van der Waals surface area contributed by atoms with E-state index in [-0.39, 0.29) is 29.4 Å². The summed E-state index contributed by atoms with van der Waals surface area (Å²) in [4.78, 5) is 17.5. The van der Waals surface area contributed by atoms with Gasteiger partial charge >= 0.3 is 0 Å². The molecule has 4 aromatic rings.